The van der Waals surface area contributed by atoms with Gasteiger partial charge >= 0.3 is 5.97 Å². The molecule has 2 aromatic carbocycles. The van der Waals surface area contributed by atoms with Crippen molar-refractivity contribution in [3.05, 3.63) is 58.5 Å². The third kappa shape index (κ3) is 5.75. The Hall–Kier alpha value is -3.37. The minimum Gasteiger partial charge on any atom is -0.478 e. The maximum absolute atomic E-state index is 12.8. The molecule has 2 aromatic rings. The van der Waals surface area contributed by atoms with E-state index in [1.165, 1.54) is 23.9 Å². The summed E-state index contributed by atoms with van der Waals surface area (Å²) >= 11 is 6.66. The molecule has 34 heavy (non-hydrogen) atoms. The molecule has 2 aliphatic heterocycles. The molecule has 0 atom stereocenters. The first kappa shape index (κ1) is 23.8. The van der Waals surface area contributed by atoms with Crippen LogP contribution in [-0.2, 0) is 9.59 Å². The molecule has 0 saturated carbocycles. The van der Waals surface area contributed by atoms with Crippen LogP contribution in [0.15, 0.2) is 47.4 Å². The summed E-state index contributed by atoms with van der Waals surface area (Å²) in [7, 11) is 0. The third-order valence-electron chi connectivity index (χ3n) is 5.25. The van der Waals surface area contributed by atoms with Crippen LogP contribution in [0.1, 0.15) is 41.6 Å². The number of hydrogen-bond donors (Lipinski definition) is 2. The number of carboxylic acids is 1. The van der Waals surface area contributed by atoms with Gasteiger partial charge in [-0.1, -0.05) is 42.5 Å². The average Bonchev–Trinajstić information content (AvgIpc) is 3.38. The first-order valence-electron chi connectivity index (χ1n) is 10.7. The fraction of sp³-hybridized carbons (Fsp3) is 0.250. The third-order valence-corrected chi connectivity index (χ3v) is 6.62. The monoisotopic (exact) mass is 498 g/mol. The Balaban J connectivity index is 1.21. The molecule has 0 aliphatic carbocycles. The Morgan fingerprint density at radius 3 is 2.76 bits per heavy atom. The van der Waals surface area contributed by atoms with Gasteiger partial charge in [0, 0.05) is 18.7 Å². The smallest absolute Gasteiger partial charge is 0.335 e. The van der Waals surface area contributed by atoms with Crippen LogP contribution in [0.4, 0.5) is 5.69 Å². The Morgan fingerprint density at radius 2 is 1.94 bits per heavy atom. The molecular formula is C24H22N2O6S2. The zero-order valence-electron chi connectivity index (χ0n) is 18.1. The molecule has 2 amide bonds. The Bertz CT molecular complexity index is 1180. The minimum atomic E-state index is -1.04. The van der Waals surface area contributed by atoms with E-state index in [0.29, 0.717) is 52.2 Å². The van der Waals surface area contributed by atoms with Gasteiger partial charge in [0.15, 0.2) is 11.5 Å². The number of ether oxygens (including phenoxy) is 2. The molecule has 0 aromatic heterocycles. The molecule has 1 saturated heterocycles. The summed E-state index contributed by atoms with van der Waals surface area (Å²) in [4.78, 5) is 38.1. The van der Waals surface area contributed by atoms with E-state index >= 15 is 0 Å². The van der Waals surface area contributed by atoms with Crippen molar-refractivity contribution in [2.45, 2.75) is 25.7 Å². The Kier molecular flexibility index (Phi) is 7.49. The van der Waals surface area contributed by atoms with Crippen molar-refractivity contribution in [2.75, 3.05) is 18.7 Å². The average molecular weight is 499 g/mol. The fourth-order valence-corrected chi connectivity index (χ4v) is 4.84. The normalized spacial score (nSPS) is 15.8. The number of thiocarbonyl (C=S) groups is 1. The van der Waals surface area contributed by atoms with Crippen LogP contribution in [0.2, 0.25) is 0 Å². The van der Waals surface area contributed by atoms with Crippen LogP contribution in [0.5, 0.6) is 11.5 Å². The van der Waals surface area contributed by atoms with E-state index in [1.54, 1.807) is 23.1 Å². The number of amides is 2. The maximum Gasteiger partial charge on any atom is 0.335 e. The van der Waals surface area contributed by atoms with E-state index in [9.17, 15) is 14.4 Å². The van der Waals surface area contributed by atoms with Gasteiger partial charge in [0.05, 0.1) is 10.5 Å². The van der Waals surface area contributed by atoms with Gasteiger partial charge in [0.25, 0.3) is 5.91 Å². The minimum absolute atomic E-state index is 0.119. The van der Waals surface area contributed by atoms with Crippen molar-refractivity contribution >= 4 is 57.8 Å². The highest BCUT2D eigenvalue weighted by molar-refractivity contribution is 8.26. The molecule has 176 valence electrons. The number of carbonyl (C=O) groups is 3. The lowest BCUT2D eigenvalue weighted by molar-refractivity contribution is -0.122. The standard InChI is InChI=1S/C24H22N2O6S2/c27-21(25-17-6-4-5-16(13-17)23(29)30)7-2-1-3-10-26-22(28)20(34-24(26)33)12-15-8-9-18-19(11-15)32-14-31-18/h4-6,8-9,11-13H,1-3,7,10,14H2,(H,25,27)(H,29,30)/b20-12-. The lowest BCUT2D eigenvalue weighted by Crippen LogP contribution is -2.29. The molecule has 4 rings (SSSR count). The highest BCUT2D eigenvalue weighted by atomic mass is 32.2. The second kappa shape index (κ2) is 10.7. The predicted octanol–water partition coefficient (Wildman–Crippen LogP) is 4.51. The molecule has 0 spiro atoms. The van der Waals surface area contributed by atoms with E-state index in [1.807, 2.05) is 18.2 Å². The van der Waals surface area contributed by atoms with Crippen molar-refractivity contribution in [3.8, 4) is 11.5 Å². The Labute approximate surface area is 205 Å². The first-order valence-corrected chi connectivity index (χ1v) is 11.9. The van der Waals surface area contributed by atoms with Crippen molar-refractivity contribution < 1.29 is 29.0 Å². The molecule has 0 bridgehead atoms. The van der Waals surface area contributed by atoms with Crippen molar-refractivity contribution in [1.82, 2.24) is 4.90 Å². The number of hydrogen-bond acceptors (Lipinski definition) is 7. The van der Waals surface area contributed by atoms with E-state index in [0.717, 1.165) is 12.0 Å². The van der Waals surface area contributed by atoms with Gasteiger partial charge in [-0.3, -0.25) is 14.5 Å². The molecule has 2 heterocycles. The van der Waals surface area contributed by atoms with Gasteiger partial charge in [0.1, 0.15) is 4.32 Å². The number of thioether (sulfide) groups is 1. The van der Waals surface area contributed by atoms with Gasteiger partial charge in [-0.15, -0.1) is 0 Å². The lowest BCUT2D eigenvalue weighted by Gasteiger charge is -2.14. The lowest BCUT2D eigenvalue weighted by atomic mass is 10.1. The number of aromatic carboxylic acids is 1. The zero-order valence-corrected chi connectivity index (χ0v) is 19.7. The second-order valence-corrected chi connectivity index (χ2v) is 9.37. The topological polar surface area (TPSA) is 105 Å². The fourth-order valence-electron chi connectivity index (χ4n) is 3.53. The van der Waals surface area contributed by atoms with E-state index in [2.05, 4.69) is 5.32 Å². The molecule has 2 aliphatic rings. The van der Waals surface area contributed by atoms with Crippen LogP contribution in [-0.4, -0.2) is 45.4 Å². The summed E-state index contributed by atoms with van der Waals surface area (Å²) < 4.78 is 11.2. The van der Waals surface area contributed by atoms with Crippen molar-refractivity contribution in [2.24, 2.45) is 0 Å². The summed E-state index contributed by atoms with van der Waals surface area (Å²) in [5.74, 6) is -0.00363. The van der Waals surface area contributed by atoms with Gasteiger partial charge in [-0.2, -0.15) is 0 Å². The quantitative estimate of drug-likeness (QED) is 0.296. The van der Waals surface area contributed by atoms with Gasteiger partial charge in [-0.25, -0.2) is 4.79 Å². The van der Waals surface area contributed by atoms with Gasteiger partial charge in [-0.05, 0) is 54.8 Å². The van der Waals surface area contributed by atoms with Crippen LogP contribution in [0.3, 0.4) is 0 Å². The number of nitrogens with zero attached hydrogens (tertiary/aromatic N) is 1. The molecule has 8 nitrogen and oxygen atoms in total. The number of carboxylic acid groups (broad SMARTS) is 1. The summed E-state index contributed by atoms with van der Waals surface area (Å²) in [6.45, 7) is 0.686. The van der Waals surface area contributed by atoms with Crippen LogP contribution < -0.4 is 14.8 Å². The second-order valence-electron chi connectivity index (χ2n) is 7.69. The molecule has 0 unspecified atom stereocenters. The number of anilines is 1. The summed E-state index contributed by atoms with van der Waals surface area (Å²) in [6, 6.07) is 11.6. The van der Waals surface area contributed by atoms with Crippen LogP contribution in [0, 0.1) is 0 Å². The molecule has 1 fully saturated rings. The highest BCUT2D eigenvalue weighted by Crippen LogP contribution is 2.36. The number of carbonyl (C=O) groups excluding carboxylic acids is 2. The van der Waals surface area contributed by atoms with Crippen LogP contribution >= 0.6 is 24.0 Å². The van der Waals surface area contributed by atoms with Gasteiger partial charge in [0.2, 0.25) is 12.7 Å². The van der Waals surface area contributed by atoms with Gasteiger partial charge < -0.3 is 19.9 Å². The number of fused-ring (bicyclic) bond motifs is 1. The Morgan fingerprint density at radius 1 is 1.12 bits per heavy atom. The molecule has 2 N–H and O–H groups in total. The summed E-state index contributed by atoms with van der Waals surface area (Å²) in [5.41, 5.74) is 1.41. The van der Waals surface area contributed by atoms with Crippen LogP contribution in [0.25, 0.3) is 6.08 Å². The number of unbranched alkanes of at least 4 members (excludes halogenated alkanes) is 2. The largest absolute Gasteiger partial charge is 0.478 e. The first-order chi connectivity index (χ1) is 16.4. The van der Waals surface area contributed by atoms with Crippen molar-refractivity contribution in [1.29, 1.82) is 0 Å². The molecule has 10 heteroatoms. The van der Waals surface area contributed by atoms with Crippen molar-refractivity contribution in [3.63, 3.8) is 0 Å². The van der Waals surface area contributed by atoms with E-state index in [-0.39, 0.29) is 24.2 Å². The molecular weight excluding hydrogens is 476 g/mol. The number of rotatable bonds is 9. The highest BCUT2D eigenvalue weighted by Gasteiger charge is 2.31. The summed E-state index contributed by atoms with van der Waals surface area (Å²) in [6.07, 6.45) is 4.21. The number of nitrogens with one attached hydrogen (secondary N) is 1. The van der Waals surface area contributed by atoms with E-state index in [4.69, 9.17) is 26.8 Å². The maximum atomic E-state index is 12.8. The SMILES string of the molecule is O=C(CCCCCN1C(=O)/C(=C/c2ccc3c(c2)OCO3)SC1=S)Nc1cccc(C(=O)O)c1. The molecule has 0 radical (unpaired) electrons. The predicted molar refractivity (Wildman–Crippen MR) is 133 cm³/mol. The van der Waals surface area contributed by atoms with E-state index < -0.39 is 5.97 Å². The summed E-state index contributed by atoms with van der Waals surface area (Å²) in [5, 5.41) is 11.7. The zero-order chi connectivity index (χ0) is 24.1. The number of benzene rings is 2.